The van der Waals surface area contributed by atoms with Crippen molar-refractivity contribution in [2.24, 2.45) is 4.99 Å². The van der Waals surface area contributed by atoms with Crippen molar-refractivity contribution in [3.63, 3.8) is 0 Å². The Kier molecular flexibility index (Phi) is 7.12. The third-order valence-corrected chi connectivity index (χ3v) is 4.70. The second-order valence-electron chi connectivity index (χ2n) is 6.35. The van der Waals surface area contributed by atoms with Crippen LogP contribution in [0.2, 0.25) is 5.02 Å². The number of aryl methyl sites for hydroxylation is 1. The van der Waals surface area contributed by atoms with E-state index in [0.29, 0.717) is 16.4 Å². The topological polar surface area (TPSA) is 25.2 Å². The first-order valence-corrected chi connectivity index (χ1v) is 9.93. The van der Waals surface area contributed by atoms with Gasteiger partial charge in [0.05, 0.1) is 22.1 Å². The maximum absolute atomic E-state index is 6.19. The molecule has 0 saturated heterocycles. The van der Waals surface area contributed by atoms with Crippen molar-refractivity contribution in [2.45, 2.75) is 26.2 Å². The van der Waals surface area contributed by atoms with Gasteiger partial charge in [0.1, 0.15) is 5.69 Å². The van der Waals surface area contributed by atoms with E-state index in [1.807, 2.05) is 12.1 Å². The highest BCUT2D eigenvalue weighted by Gasteiger charge is 2.01. The summed E-state index contributed by atoms with van der Waals surface area (Å²) in [5.74, 6) is 6.10. The lowest BCUT2D eigenvalue weighted by Gasteiger charge is -2.04. The fraction of sp³-hybridized carbons (Fsp3) is 0.167. The molecule has 1 heterocycles. The van der Waals surface area contributed by atoms with Gasteiger partial charge >= 0.3 is 0 Å². The molecule has 28 heavy (non-hydrogen) atoms. The van der Waals surface area contributed by atoms with Gasteiger partial charge in [0.2, 0.25) is 0 Å². The summed E-state index contributed by atoms with van der Waals surface area (Å²) in [7, 11) is 0. The van der Waals surface area contributed by atoms with Crippen LogP contribution in [0.5, 0.6) is 0 Å². The van der Waals surface area contributed by atoms with Crippen LogP contribution in [0.25, 0.3) is 11.1 Å². The van der Waals surface area contributed by atoms with Gasteiger partial charge in [-0.1, -0.05) is 67.3 Å². The minimum atomic E-state index is 0.443. The summed E-state index contributed by atoms with van der Waals surface area (Å²) in [4.78, 5) is 8.08. The number of unbranched alkanes of at least 4 members (excludes halogenated alkanes) is 1. The number of hydrogen-bond acceptors (Lipinski definition) is 3. The number of benzene rings is 2. The molecule has 0 atom stereocenters. The quantitative estimate of drug-likeness (QED) is 0.264. The van der Waals surface area contributed by atoms with Crippen molar-refractivity contribution in [1.29, 1.82) is 0 Å². The van der Waals surface area contributed by atoms with Crippen LogP contribution in [0.4, 0.5) is 5.69 Å². The van der Waals surface area contributed by atoms with Gasteiger partial charge < -0.3 is 0 Å². The van der Waals surface area contributed by atoms with E-state index in [2.05, 4.69) is 82.5 Å². The van der Waals surface area contributed by atoms with Crippen LogP contribution in [0.1, 0.15) is 36.6 Å². The van der Waals surface area contributed by atoms with E-state index in [0.717, 1.165) is 12.0 Å². The Morgan fingerprint density at radius 2 is 1.68 bits per heavy atom. The van der Waals surface area contributed by atoms with Crippen LogP contribution >= 0.6 is 23.8 Å². The number of halogens is 1. The van der Waals surface area contributed by atoms with Crippen molar-refractivity contribution < 1.29 is 0 Å². The number of hydrogen-bond donors (Lipinski definition) is 0. The molecule has 3 rings (SSSR count). The molecule has 138 valence electrons. The molecule has 2 nitrogen and oxygen atoms in total. The standard InChI is InChI=1S/C24H19ClN2S/c1-2-3-4-18-5-10-20(11-6-18)21-12-7-19(8-13-21)9-14-24-23(25)15-22(16-26-24)27-17-28/h5-8,10-13,15-16H,2-4H2,1H3. The normalized spacial score (nSPS) is 9.93. The van der Waals surface area contributed by atoms with Crippen LogP contribution in [0.3, 0.4) is 0 Å². The van der Waals surface area contributed by atoms with E-state index in [9.17, 15) is 0 Å². The molecule has 1 aromatic heterocycles. The van der Waals surface area contributed by atoms with Crippen LogP contribution in [0, 0.1) is 11.8 Å². The summed E-state index contributed by atoms with van der Waals surface area (Å²) in [6, 6.07) is 18.6. The molecule has 3 aromatic rings. The third kappa shape index (κ3) is 5.38. The van der Waals surface area contributed by atoms with E-state index in [1.54, 1.807) is 12.3 Å². The number of nitrogens with zero attached hydrogens (tertiary/aromatic N) is 2. The van der Waals surface area contributed by atoms with E-state index in [4.69, 9.17) is 11.6 Å². The van der Waals surface area contributed by atoms with Gasteiger partial charge in [-0.05, 0) is 65.9 Å². The smallest absolute Gasteiger partial charge is 0.132 e. The summed E-state index contributed by atoms with van der Waals surface area (Å²) < 4.78 is 0. The van der Waals surface area contributed by atoms with E-state index in [-0.39, 0.29) is 0 Å². The SMILES string of the molecule is CCCCc1ccc(-c2ccc(C#Cc3ncc(N=C=S)cc3Cl)cc2)cc1. The highest BCUT2D eigenvalue weighted by atomic mass is 35.5. The molecule has 4 heteroatoms. The number of thiocarbonyl (C=S) groups is 1. The Bertz CT molecular complexity index is 1050. The van der Waals surface area contributed by atoms with Crippen molar-refractivity contribution in [2.75, 3.05) is 0 Å². The van der Waals surface area contributed by atoms with Gasteiger partial charge in [-0.15, -0.1) is 0 Å². The zero-order chi connectivity index (χ0) is 19.8. The third-order valence-electron chi connectivity index (χ3n) is 4.32. The Hall–Kier alpha value is -2.76. The van der Waals surface area contributed by atoms with Crippen molar-refractivity contribution in [3.05, 3.63) is 82.6 Å². The molecule has 2 aromatic carbocycles. The molecular formula is C24H19ClN2S. The first-order valence-electron chi connectivity index (χ1n) is 9.14. The Morgan fingerprint density at radius 3 is 2.29 bits per heavy atom. The van der Waals surface area contributed by atoms with E-state index < -0.39 is 0 Å². The number of aliphatic imine (C=N–C) groups is 1. The second-order valence-corrected chi connectivity index (χ2v) is 6.94. The van der Waals surface area contributed by atoms with Gasteiger partial charge in [-0.25, -0.2) is 4.98 Å². The van der Waals surface area contributed by atoms with E-state index >= 15 is 0 Å². The number of pyridine rings is 1. The molecule has 0 radical (unpaired) electrons. The highest BCUT2D eigenvalue weighted by molar-refractivity contribution is 7.78. The average Bonchev–Trinajstić information content (AvgIpc) is 2.73. The van der Waals surface area contributed by atoms with Crippen LogP contribution in [-0.2, 0) is 6.42 Å². The summed E-state index contributed by atoms with van der Waals surface area (Å²) >= 11 is 10.8. The molecule has 0 N–H and O–H groups in total. The molecule has 0 spiro atoms. The number of aromatic nitrogens is 1. The minimum absolute atomic E-state index is 0.443. The molecule has 0 unspecified atom stereocenters. The van der Waals surface area contributed by atoms with Crippen LogP contribution < -0.4 is 0 Å². The van der Waals surface area contributed by atoms with Crippen molar-refractivity contribution in [3.8, 4) is 23.0 Å². The highest BCUT2D eigenvalue weighted by Crippen LogP contribution is 2.22. The lowest BCUT2D eigenvalue weighted by Crippen LogP contribution is -1.86. The predicted molar refractivity (Wildman–Crippen MR) is 120 cm³/mol. The maximum atomic E-state index is 6.19. The minimum Gasteiger partial charge on any atom is -0.244 e. The Labute approximate surface area is 176 Å². The first-order chi connectivity index (χ1) is 13.7. The predicted octanol–water partition coefficient (Wildman–Crippen LogP) is 6.88. The molecule has 0 bridgehead atoms. The second kappa shape index (κ2) is 9.97. The molecule has 0 saturated carbocycles. The summed E-state index contributed by atoms with van der Waals surface area (Å²) in [6.07, 6.45) is 5.16. The summed E-state index contributed by atoms with van der Waals surface area (Å²) in [6.45, 7) is 2.22. The summed E-state index contributed by atoms with van der Waals surface area (Å²) in [5, 5.41) is 2.74. The van der Waals surface area contributed by atoms with Gasteiger partial charge in [0.25, 0.3) is 0 Å². The van der Waals surface area contributed by atoms with E-state index in [1.165, 1.54) is 29.5 Å². The number of rotatable bonds is 5. The first kappa shape index (κ1) is 20.0. The lowest BCUT2D eigenvalue weighted by atomic mass is 10.0. The molecule has 0 aliphatic heterocycles. The fourth-order valence-corrected chi connectivity index (χ4v) is 3.07. The molecule has 0 aliphatic carbocycles. The molecular weight excluding hydrogens is 384 g/mol. The van der Waals surface area contributed by atoms with Gasteiger partial charge in [-0.3, -0.25) is 0 Å². The van der Waals surface area contributed by atoms with Crippen LogP contribution in [-0.4, -0.2) is 10.1 Å². The van der Waals surface area contributed by atoms with Crippen molar-refractivity contribution >= 4 is 34.7 Å². The van der Waals surface area contributed by atoms with Gasteiger partial charge in [0, 0.05) is 5.56 Å². The largest absolute Gasteiger partial charge is 0.244 e. The van der Waals surface area contributed by atoms with Gasteiger partial charge in [0.15, 0.2) is 0 Å². The molecule has 0 fully saturated rings. The fourth-order valence-electron chi connectivity index (χ4n) is 2.76. The summed E-state index contributed by atoms with van der Waals surface area (Å²) in [5.41, 5.74) is 5.75. The Morgan fingerprint density at radius 1 is 1.00 bits per heavy atom. The zero-order valence-electron chi connectivity index (χ0n) is 15.6. The van der Waals surface area contributed by atoms with Crippen molar-refractivity contribution in [1.82, 2.24) is 4.98 Å². The Balaban J connectivity index is 1.73. The number of isothiocyanates is 1. The molecule has 0 aliphatic rings. The maximum Gasteiger partial charge on any atom is 0.132 e. The molecule has 0 amide bonds. The monoisotopic (exact) mass is 402 g/mol. The zero-order valence-corrected chi connectivity index (χ0v) is 17.1. The average molecular weight is 403 g/mol. The lowest BCUT2D eigenvalue weighted by molar-refractivity contribution is 0.795. The van der Waals surface area contributed by atoms with Gasteiger partial charge in [-0.2, -0.15) is 4.99 Å². The van der Waals surface area contributed by atoms with Crippen LogP contribution in [0.15, 0.2) is 65.8 Å².